The topological polar surface area (TPSA) is 72.2 Å². The molecule has 3 N–H and O–H groups in total. The van der Waals surface area contributed by atoms with Gasteiger partial charge in [0.1, 0.15) is 11.6 Å². The number of nitrogens with two attached hydrogens (primary N) is 1. The standard InChI is InChI=1S/C12H8F4N2O2S/c13-6-3-9(15)12(16)11(4-6)18-21(19,20)7-1-2-10(17)8(14)5-7/h1-5,18H,17H2. The van der Waals surface area contributed by atoms with Crippen LogP contribution in [0.25, 0.3) is 0 Å². The van der Waals surface area contributed by atoms with Crippen molar-refractivity contribution in [2.45, 2.75) is 4.90 Å². The van der Waals surface area contributed by atoms with Gasteiger partial charge in [-0.3, -0.25) is 4.72 Å². The summed E-state index contributed by atoms with van der Waals surface area (Å²) in [5.41, 5.74) is 3.99. The van der Waals surface area contributed by atoms with Crippen molar-refractivity contribution >= 4 is 21.4 Å². The Morgan fingerprint density at radius 2 is 1.62 bits per heavy atom. The number of halogens is 4. The summed E-state index contributed by atoms with van der Waals surface area (Å²) < 4.78 is 78.1. The molecule has 0 aliphatic carbocycles. The molecule has 0 radical (unpaired) electrons. The van der Waals surface area contributed by atoms with Gasteiger partial charge < -0.3 is 5.73 Å². The van der Waals surface area contributed by atoms with Crippen molar-refractivity contribution in [3.05, 3.63) is 53.6 Å². The molecule has 0 spiro atoms. The highest BCUT2D eigenvalue weighted by Gasteiger charge is 2.20. The lowest BCUT2D eigenvalue weighted by Gasteiger charge is -2.10. The van der Waals surface area contributed by atoms with E-state index >= 15 is 0 Å². The number of hydrogen-bond acceptors (Lipinski definition) is 3. The summed E-state index contributed by atoms with van der Waals surface area (Å²) >= 11 is 0. The van der Waals surface area contributed by atoms with E-state index in [2.05, 4.69) is 0 Å². The lowest BCUT2D eigenvalue weighted by molar-refractivity contribution is 0.498. The molecular formula is C12H8F4N2O2S. The zero-order chi connectivity index (χ0) is 15.8. The number of nitrogen functional groups attached to an aromatic ring is 1. The molecule has 0 fully saturated rings. The largest absolute Gasteiger partial charge is 0.396 e. The van der Waals surface area contributed by atoms with Crippen LogP contribution in [0.1, 0.15) is 0 Å². The van der Waals surface area contributed by atoms with Crippen LogP contribution in [0.5, 0.6) is 0 Å². The Kier molecular flexibility index (Phi) is 3.77. The number of benzene rings is 2. The molecule has 0 unspecified atom stereocenters. The van der Waals surface area contributed by atoms with E-state index in [0.717, 1.165) is 12.1 Å². The summed E-state index contributed by atoms with van der Waals surface area (Å²) in [6.45, 7) is 0. The quantitative estimate of drug-likeness (QED) is 0.519. The molecule has 2 rings (SSSR count). The Morgan fingerprint density at radius 3 is 2.24 bits per heavy atom. The SMILES string of the molecule is Nc1ccc(S(=O)(=O)Nc2cc(F)cc(F)c2F)cc1F. The number of hydrogen-bond donors (Lipinski definition) is 2. The van der Waals surface area contributed by atoms with Crippen molar-refractivity contribution in [1.82, 2.24) is 0 Å². The molecular weight excluding hydrogens is 312 g/mol. The Bertz CT molecular complexity index is 809. The predicted octanol–water partition coefficient (Wildman–Crippen LogP) is 2.63. The van der Waals surface area contributed by atoms with Gasteiger partial charge in [0.2, 0.25) is 0 Å². The number of sulfonamides is 1. The minimum atomic E-state index is -4.43. The molecule has 4 nitrogen and oxygen atoms in total. The highest BCUT2D eigenvalue weighted by Crippen LogP contribution is 2.23. The van der Waals surface area contributed by atoms with E-state index in [4.69, 9.17) is 5.73 Å². The summed E-state index contributed by atoms with van der Waals surface area (Å²) in [6.07, 6.45) is 0. The summed E-state index contributed by atoms with van der Waals surface area (Å²) in [5, 5.41) is 0. The second-order valence-electron chi connectivity index (χ2n) is 4.04. The normalized spacial score (nSPS) is 11.4. The predicted molar refractivity (Wildman–Crippen MR) is 67.9 cm³/mol. The van der Waals surface area contributed by atoms with Gasteiger partial charge in [-0.15, -0.1) is 0 Å². The zero-order valence-corrected chi connectivity index (χ0v) is 11.0. The summed E-state index contributed by atoms with van der Waals surface area (Å²) in [7, 11) is -4.43. The van der Waals surface area contributed by atoms with Crippen molar-refractivity contribution < 1.29 is 26.0 Å². The minimum absolute atomic E-state index is 0.260. The number of anilines is 2. The van der Waals surface area contributed by atoms with Crippen LogP contribution in [0, 0.1) is 23.3 Å². The Morgan fingerprint density at radius 1 is 0.952 bits per heavy atom. The van der Waals surface area contributed by atoms with Crippen LogP contribution in [-0.4, -0.2) is 8.42 Å². The van der Waals surface area contributed by atoms with Crippen molar-refractivity contribution in [2.75, 3.05) is 10.5 Å². The summed E-state index contributed by atoms with van der Waals surface area (Å²) in [5.74, 6) is -5.30. The summed E-state index contributed by atoms with van der Waals surface area (Å²) in [4.78, 5) is -0.571. The van der Waals surface area contributed by atoms with Gasteiger partial charge in [-0.2, -0.15) is 0 Å². The lowest BCUT2D eigenvalue weighted by Crippen LogP contribution is -2.15. The third kappa shape index (κ3) is 3.07. The summed E-state index contributed by atoms with van der Waals surface area (Å²) in [6, 6.07) is 3.28. The molecule has 0 saturated heterocycles. The smallest absolute Gasteiger partial charge is 0.262 e. The molecule has 0 amide bonds. The second-order valence-corrected chi connectivity index (χ2v) is 5.72. The van der Waals surface area contributed by atoms with Crippen LogP contribution in [0.3, 0.4) is 0 Å². The number of nitrogens with one attached hydrogen (secondary N) is 1. The maximum Gasteiger partial charge on any atom is 0.262 e. The maximum absolute atomic E-state index is 13.4. The van der Waals surface area contributed by atoms with Gasteiger partial charge >= 0.3 is 0 Å². The molecule has 0 heterocycles. The van der Waals surface area contributed by atoms with Gasteiger partial charge in [0, 0.05) is 12.1 Å². The molecule has 0 saturated carbocycles. The van der Waals surface area contributed by atoms with Gasteiger partial charge in [-0.05, 0) is 18.2 Å². The first-order valence-corrected chi connectivity index (χ1v) is 6.91. The fourth-order valence-electron chi connectivity index (χ4n) is 1.51. The van der Waals surface area contributed by atoms with Crippen LogP contribution >= 0.6 is 0 Å². The minimum Gasteiger partial charge on any atom is -0.396 e. The lowest BCUT2D eigenvalue weighted by atomic mass is 10.3. The van der Waals surface area contributed by atoms with E-state index in [1.807, 2.05) is 0 Å². The zero-order valence-electron chi connectivity index (χ0n) is 10.2. The van der Waals surface area contributed by atoms with Crippen LogP contribution in [0.2, 0.25) is 0 Å². The van der Waals surface area contributed by atoms with Gasteiger partial charge in [0.05, 0.1) is 16.3 Å². The molecule has 21 heavy (non-hydrogen) atoms. The first kappa shape index (κ1) is 15.1. The van der Waals surface area contributed by atoms with Gasteiger partial charge in [-0.1, -0.05) is 0 Å². The average Bonchev–Trinajstić information content (AvgIpc) is 2.38. The van der Waals surface area contributed by atoms with E-state index < -0.39 is 43.9 Å². The van der Waals surface area contributed by atoms with Crippen molar-refractivity contribution in [1.29, 1.82) is 0 Å². The molecule has 0 bridgehead atoms. The third-order valence-corrected chi connectivity index (χ3v) is 3.88. The molecule has 9 heteroatoms. The van der Waals surface area contributed by atoms with Crippen LogP contribution in [0.4, 0.5) is 28.9 Å². The molecule has 0 aliphatic rings. The fourth-order valence-corrected chi connectivity index (χ4v) is 2.57. The fraction of sp³-hybridized carbons (Fsp3) is 0. The molecule has 0 atom stereocenters. The van der Waals surface area contributed by atoms with E-state index in [9.17, 15) is 26.0 Å². The average molecular weight is 320 g/mol. The van der Waals surface area contributed by atoms with Crippen LogP contribution in [-0.2, 0) is 10.0 Å². The van der Waals surface area contributed by atoms with Gasteiger partial charge in [0.15, 0.2) is 11.6 Å². The monoisotopic (exact) mass is 320 g/mol. The van der Waals surface area contributed by atoms with Crippen LogP contribution < -0.4 is 10.5 Å². The molecule has 2 aromatic rings. The van der Waals surface area contributed by atoms with Gasteiger partial charge in [0.25, 0.3) is 10.0 Å². The van der Waals surface area contributed by atoms with Gasteiger partial charge in [-0.25, -0.2) is 26.0 Å². The van der Waals surface area contributed by atoms with Crippen LogP contribution in [0.15, 0.2) is 35.2 Å². The Labute approximate surface area is 117 Å². The van der Waals surface area contributed by atoms with E-state index in [0.29, 0.717) is 12.1 Å². The van der Waals surface area contributed by atoms with Crippen molar-refractivity contribution in [3.63, 3.8) is 0 Å². The first-order valence-electron chi connectivity index (χ1n) is 5.43. The molecule has 0 aromatic heterocycles. The maximum atomic E-state index is 13.4. The Hall–Kier alpha value is -2.29. The molecule has 0 aliphatic heterocycles. The van der Waals surface area contributed by atoms with E-state index in [-0.39, 0.29) is 11.8 Å². The van der Waals surface area contributed by atoms with E-state index in [1.54, 1.807) is 4.72 Å². The first-order chi connectivity index (χ1) is 9.70. The third-order valence-electron chi connectivity index (χ3n) is 2.52. The van der Waals surface area contributed by atoms with Crippen molar-refractivity contribution in [3.8, 4) is 0 Å². The van der Waals surface area contributed by atoms with E-state index in [1.165, 1.54) is 0 Å². The Balaban J connectivity index is 2.44. The molecule has 112 valence electrons. The molecule has 2 aromatic carbocycles. The number of rotatable bonds is 3. The van der Waals surface area contributed by atoms with Crippen molar-refractivity contribution in [2.24, 2.45) is 0 Å². The highest BCUT2D eigenvalue weighted by atomic mass is 32.2. The second kappa shape index (κ2) is 5.24. The highest BCUT2D eigenvalue weighted by molar-refractivity contribution is 7.92.